The molecule has 0 saturated heterocycles. The zero-order valence-corrected chi connectivity index (χ0v) is 15.8. The molecule has 1 aromatic rings. The number of carboxylic acids is 2. The van der Waals surface area contributed by atoms with E-state index < -0.39 is 35.8 Å². The third-order valence-corrected chi connectivity index (χ3v) is 3.70. The van der Waals surface area contributed by atoms with Crippen molar-refractivity contribution in [3.63, 3.8) is 0 Å². The van der Waals surface area contributed by atoms with Crippen LogP contribution in [0.1, 0.15) is 31.2 Å². The van der Waals surface area contributed by atoms with Gasteiger partial charge in [-0.2, -0.15) is 0 Å². The first kappa shape index (κ1) is 23.6. The van der Waals surface area contributed by atoms with Gasteiger partial charge in [-0.05, 0) is 5.56 Å². The molecule has 29 heavy (non-hydrogen) atoms. The van der Waals surface area contributed by atoms with E-state index in [1.165, 1.54) is 0 Å². The summed E-state index contributed by atoms with van der Waals surface area (Å²) in [7, 11) is 0. The number of ether oxygens (including phenoxy) is 1. The van der Waals surface area contributed by atoms with Gasteiger partial charge >= 0.3 is 17.9 Å². The Hall–Kier alpha value is -3.43. The summed E-state index contributed by atoms with van der Waals surface area (Å²) in [6.07, 6.45) is -0.953. The Bertz CT molecular complexity index is 720. The second kappa shape index (κ2) is 12.9. The molecule has 0 radical (unpaired) electrons. The summed E-state index contributed by atoms with van der Waals surface area (Å²) in [5, 5.41) is 22.1. The number of carbonyl (C=O) groups excluding carboxylic acids is 3. The topological polar surface area (TPSA) is 159 Å². The van der Waals surface area contributed by atoms with E-state index in [9.17, 15) is 24.0 Å². The SMILES string of the molecule is O=C(O)CCC(=O)NCCOC(=O)C(Cc1ccccc1)NC(=O)CCC(=O)O. The zero-order chi connectivity index (χ0) is 21.6. The smallest absolute Gasteiger partial charge is 0.329 e. The van der Waals surface area contributed by atoms with Crippen molar-refractivity contribution in [2.24, 2.45) is 0 Å². The Balaban J connectivity index is 2.53. The van der Waals surface area contributed by atoms with Gasteiger partial charge in [0.1, 0.15) is 12.6 Å². The van der Waals surface area contributed by atoms with Crippen molar-refractivity contribution in [2.75, 3.05) is 13.2 Å². The molecule has 0 aromatic heterocycles. The molecular formula is C19H24N2O8. The van der Waals surface area contributed by atoms with Crippen LogP contribution in [0, 0.1) is 0 Å². The molecule has 10 heteroatoms. The zero-order valence-electron chi connectivity index (χ0n) is 15.8. The van der Waals surface area contributed by atoms with Gasteiger partial charge in [-0.15, -0.1) is 0 Å². The van der Waals surface area contributed by atoms with E-state index in [0.717, 1.165) is 5.56 Å². The number of carbonyl (C=O) groups is 5. The fourth-order valence-corrected chi connectivity index (χ4v) is 2.28. The lowest BCUT2D eigenvalue weighted by molar-refractivity contribution is -0.148. The highest BCUT2D eigenvalue weighted by atomic mass is 16.5. The Labute approximate surface area is 167 Å². The maximum absolute atomic E-state index is 12.3. The Kier molecular flexibility index (Phi) is 10.5. The average Bonchev–Trinajstić information content (AvgIpc) is 2.68. The maximum Gasteiger partial charge on any atom is 0.329 e. The number of aliphatic carboxylic acids is 2. The average molecular weight is 408 g/mol. The Morgan fingerprint density at radius 1 is 0.862 bits per heavy atom. The Morgan fingerprint density at radius 3 is 2.03 bits per heavy atom. The number of benzene rings is 1. The predicted octanol–water partition coefficient (Wildman–Crippen LogP) is 0.103. The van der Waals surface area contributed by atoms with Crippen LogP contribution < -0.4 is 10.6 Å². The van der Waals surface area contributed by atoms with Gasteiger partial charge in [0.05, 0.1) is 19.4 Å². The number of amides is 2. The van der Waals surface area contributed by atoms with Gasteiger partial charge in [0.2, 0.25) is 11.8 Å². The molecule has 1 atom stereocenters. The fourth-order valence-electron chi connectivity index (χ4n) is 2.28. The maximum atomic E-state index is 12.3. The molecule has 0 aliphatic carbocycles. The van der Waals surface area contributed by atoms with Crippen LogP contribution in [-0.4, -0.2) is 59.1 Å². The first-order chi connectivity index (χ1) is 13.8. The second-order valence-corrected chi connectivity index (χ2v) is 6.11. The highest BCUT2D eigenvalue weighted by Gasteiger charge is 2.23. The van der Waals surface area contributed by atoms with Crippen LogP contribution in [0.4, 0.5) is 0 Å². The van der Waals surface area contributed by atoms with E-state index in [4.69, 9.17) is 14.9 Å². The molecule has 1 rings (SSSR count). The monoisotopic (exact) mass is 408 g/mol. The standard InChI is InChI=1S/C19H24N2O8/c22-15(6-8-17(24)25)20-10-11-29-19(28)14(12-13-4-2-1-3-5-13)21-16(23)7-9-18(26)27/h1-5,14H,6-12H2,(H,20,22)(H,21,23)(H,24,25)(H,26,27). The van der Waals surface area contributed by atoms with Crippen LogP contribution >= 0.6 is 0 Å². The number of carboxylic acid groups (broad SMARTS) is 2. The number of rotatable bonds is 13. The summed E-state index contributed by atoms with van der Waals surface area (Å²) in [6.45, 7) is -0.164. The molecular weight excluding hydrogens is 384 g/mol. The molecule has 0 spiro atoms. The van der Waals surface area contributed by atoms with Gasteiger partial charge in [-0.25, -0.2) is 4.79 Å². The number of nitrogens with one attached hydrogen (secondary N) is 2. The second-order valence-electron chi connectivity index (χ2n) is 6.11. The van der Waals surface area contributed by atoms with E-state index in [-0.39, 0.29) is 45.3 Å². The molecule has 0 aliphatic rings. The van der Waals surface area contributed by atoms with Crippen molar-refractivity contribution >= 4 is 29.7 Å². The van der Waals surface area contributed by atoms with Crippen LogP contribution in [0.25, 0.3) is 0 Å². The van der Waals surface area contributed by atoms with Crippen molar-refractivity contribution < 1.29 is 38.9 Å². The molecule has 2 amide bonds. The highest BCUT2D eigenvalue weighted by Crippen LogP contribution is 2.06. The summed E-state index contributed by atoms with van der Waals surface area (Å²) < 4.78 is 5.08. The molecule has 0 fully saturated rings. The van der Waals surface area contributed by atoms with E-state index in [0.29, 0.717) is 0 Å². The predicted molar refractivity (Wildman–Crippen MR) is 99.8 cm³/mol. The van der Waals surface area contributed by atoms with E-state index in [1.807, 2.05) is 0 Å². The van der Waals surface area contributed by atoms with Gasteiger partial charge in [-0.3, -0.25) is 19.2 Å². The molecule has 10 nitrogen and oxygen atoms in total. The normalized spacial score (nSPS) is 11.2. The van der Waals surface area contributed by atoms with Gasteiger partial charge < -0.3 is 25.6 Å². The largest absolute Gasteiger partial charge is 0.481 e. The fraction of sp³-hybridized carbons (Fsp3) is 0.421. The third kappa shape index (κ3) is 11.1. The Morgan fingerprint density at radius 2 is 1.45 bits per heavy atom. The van der Waals surface area contributed by atoms with Gasteiger partial charge in [0.15, 0.2) is 0 Å². The summed E-state index contributed by atoms with van der Waals surface area (Å²) in [6, 6.07) is 7.88. The van der Waals surface area contributed by atoms with Gasteiger partial charge in [0.25, 0.3) is 0 Å². The molecule has 1 unspecified atom stereocenters. The molecule has 0 saturated carbocycles. The van der Waals surface area contributed by atoms with Crippen LogP contribution in [0.3, 0.4) is 0 Å². The van der Waals surface area contributed by atoms with Crippen molar-refractivity contribution in [2.45, 2.75) is 38.1 Å². The lowest BCUT2D eigenvalue weighted by atomic mass is 10.1. The minimum Gasteiger partial charge on any atom is -0.481 e. The summed E-state index contributed by atoms with van der Waals surface area (Å²) in [5.74, 6) is -4.01. The molecule has 4 N–H and O–H groups in total. The first-order valence-corrected chi connectivity index (χ1v) is 8.98. The summed E-state index contributed by atoms with van der Waals surface area (Å²) >= 11 is 0. The lowest BCUT2D eigenvalue weighted by Crippen LogP contribution is -2.44. The quantitative estimate of drug-likeness (QED) is 0.264. The minimum absolute atomic E-state index is 0.00475. The number of esters is 1. The van der Waals surface area contributed by atoms with E-state index in [2.05, 4.69) is 10.6 Å². The van der Waals surface area contributed by atoms with Crippen molar-refractivity contribution in [1.82, 2.24) is 10.6 Å². The van der Waals surface area contributed by atoms with Crippen LogP contribution in [0.15, 0.2) is 30.3 Å². The molecule has 0 bridgehead atoms. The van der Waals surface area contributed by atoms with Crippen LogP contribution in [0.2, 0.25) is 0 Å². The summed E-state index contributed by atoms with van der Waals surface area (Å²) in [5.41, 5.74) is 0.773. The van der Waals surface area contributed by atoms with Crippen LogP contribution in [0.5, 0.6) is 0 Å². The number of hydrogen-bond acceptors (Lipinski definition) is 6. The molecule has 0 aliphatic heterocycles. The van der Waals surface area contributed by atoms with Crippen molar-refractivity contribution in [3.05, 3.63) is 35.9 Å². The van der Waals surface area contributed by atoms with Gasteiger partial charge in [-0.1, -0.05) is 30.3 Å². The van der Waals surface area contributed by atoms with E-state index in [1.54, 1.807) is 30.3 Å². The van der Waals surface area contributed by atoms with Crippen molar-refractivity contribution in [3.8, 4) is 0 Å². The third-order valence-electron chi connectivity index (χ3n) is 3.70. The molecule has 1 aromatic carbocycles. The van der Waals surface area contributed by atoms with Gasteiger partial charge in [0, 0.05) is 19.3 Å². The van der Waals surface area contributed by atoms with E-state index >= 15 is 0 Å². The van der Waals surface area contributed by atoms with Crippen LogP contribution in [-0.2, 0) is 35.1 Å². The van der Waals surface area contributed by atoms with Crippen molar-refractivity contribution in [1.29, 1.82) is 0 Å². The first-order valence-electron chi connectivity index (χ1n) is 8.98. The molecule has 158 valence electrons. The number of hydrogen-bond donors (Lipinski definition) is 4. The highest BCUT2D eigenvalue weighted by molar-refractivity contribution is 5.86. The lowest BCUT2D eigenvalue weighted by Gasteiger charge is -2.18. The summed E-state index contributed by atoms with van der Waals surface area (Å²) in [4.78, 5) is 56.7. The molecule has 0 heterocycles. The minimum atomic E-state index is -1.12.